The number of carbonyl (C=O) groups is 1. The molecule has 3 unspecified atom stereocenters. The van der Waals surface area contributed by atoms with Crippen LogP contribution < -0.4 is 10.4 Å². The second-order valence-corrected chi connectivity index (χ2v) is 14.7. The van der Waals surface area contributed by atoms with E-state index in [0.29, 0.717) is 70.7 Å². The van der Waals surface area contributed by atoms with Gasteiger partial charge in [-0.05, 0) is 76.3 Å². The van der Waals surface area contributed by atoms with Crippen molar-refractivity contribution in [2.75, 3.05) is 46.2 Å². The van der Waals surface area contributed by atoms with Gasteiger partial charge in [0.25, 0.3) is 5.69 Å². The first-order valence-corrected chi connectivity index (χ1v) is 21.9. The number of ether oxygens (including phenoxy) is 3. The molecule has 320 valence electrons. The smallest absolute Gasteiger partial charge is 0.308 e. The number of nitro groups is 1. The summed E-state index contributed by atoms with van der Waals surface area (Å²) in [6.07, 6.45) is 24.2. The SMILES string of the molecule is CCCCCCC(CCCC)OCCCCCOCCC(CNOOc1ccc([N+](=O)[O-])cc1)COOCCCCOC(=O)C(CCCC)CCCCCC. The fraction of sp³-hybridized carbons (Fsp3) is 0.837. The molecule has 0 saturated heterocycles. The van der Waals surface area contributed by atoms with Gasteiger partial charge in [0.05, 0.1) is 36.8 Å². The van der Waals surface area contributed by atoms with Crippen LogP contribution in [0, 0.1) is 22.0 Å². The van der Waals surface area contributed by atoms with Gasteiger partial charge in [0.1, 0.15) is 0 Å². The van der Waals surface area contributed by atoms with Crippen molar-refractivity contribution in [3.05, 3.63) is 34.4 Å². The molecule has 1 N–H and O–H groups in total. The van der Waals surface area contributed by atoms with E-state index in [9.17, 15) is 14.9 Å². The molecule has 12 heteroatoms. The Morgan fingerprint density at radius 1 is 0.655 bits per heavy atom. The number of hydroxylamine groups is 1. The van der Waals surface area contributed by atoms with E-state index in [4.69, 9.17) is 33.9 Å². The number of non-ortho nitro benzene ring substituents is 1. The molecule has 3 atom stereocenters. The molecule has 0 aliphatic rings. The zero-order valence-electron chi connectivity index (χ0n) is 35.1. The third kappa shape index (κ3) is 29.5. The molecule has 0 spiro atoms. The van der Waals surface area contributed by atoms with Crippen molar-refractivity contribution in [1.29, 1.82) is 0 Å². The molecule has 0 radical (unpaired) electrons. The van der Waals surface area contributed by atoms with E-state index in [-0.39, 0.29) is 23.5 Å². The minimum atomic E-state index is -0.470. The van der Waals surface area contributed by atoms with Gasteiger partial charge in [0, 0.05) is 44.4 Å². The summed E-state index contributed by atoms with van der Waals surface area (Å²) in [7, 11) is 0. The lowest BCUT2D eigenvalue weighted by Crippen LogP contribution is -2.28. The van der Waals surface area contributed by atoms with Crippen LogP contribution >= 0.6 is 0 Å². The average molecular weight is 783 g/mol. The van der Waals surface area contributed by atoms with Crippen molar-refractivity contribution in [2.24, 2.45) is 11.8 Å². The van der Waals surface area contributed by atoms with E-state index < -0.39 is 4.92 Å². The topological polar surface area (TPSA) is 137 Å². The van der Waals surface area contributed by atoms with Crippen LogP contribution in [0.4, 0.5) is 5.69 Å². The average Bonchev–Trinajstić information content (AvgIpc) is 3.19. The molecule has 1 aromatic rings. The molecular weight excluding hydrogens is 704 g/mol. The fourth-order valence-corrected chi connectivity index (χ4v) is 6.13. The maximum absolute atomic E-state index is 12.7. The third-order valence-corrected chi connectivity index (χ3v) is 9.73. The quantitative estimate of drug-likeness (QED) is 0.0223. The monoisotopic (exact) mass is 783 g/mol. The van der Waals surface area contributed by atoms with Gasteiger partial charge in [-0.25, -0.2) is 9.78 Å². The second-order valence-electron chi connectivity index (χ2n) is 14.7. The Kier molecular flexibility index (Phi) is 34.3. The highest BCUT2D eigenvalue weighted by atomic mass is 17.3. The van der Waals surface area contributed by atoms with E-state index in [1.807, 2.05) is 0 Å². The van der Waals surface area contributed by atoms with Gasteiger partial charge >= 0.3 is 5.97 Å². The summed E-state index contributed by atoms with van der Waals surface area (Å²) in [4.78, 5) is 44.5. The Morgan fingerprint density at radius 3 is 1.96 bits per heavy atom. The summed E-state index contributed by atoms with van der Waals surface area (Å²) in [6, 6.07) is 5.63. The van der Waals surface area contributed by atoms with E-state index in [2.05, 4.69) is 33.2 Å². The van der Waals surface area contributed by atoms with Crippen molar-refractivity contribution < 1.29 is 43.6 Å². The zero-order chi connectivity index (χ0) is 40.0. The predicted molar refractivity (Wildman–Crippen MR) is 217 cm³/mol. The lowest BCUT2D eigenvalue weighted by Gasteiger charge is -2.18. The van der Waals surface area contributed by atoms with E-state index in [1.165, 1.54) is 94.9 Å². The molecule has 0 aliphatic carbocycles. The maximum Gasteiger partial charge on any atom is 0.308 e. The summed E-state index contributed by atoms with van der Waals surface area (Å²) in [5.41, 5.74) is 2.77. The predicted octanol–water partition coefficient (Wildman–Crippen LogP) is 11.2. The molecule has 12 nitrogen and oxygen atoms in total. The third-order valence-electron chi connectivity index (χ3n) is 9.73. The molecule has 1 aromatic carbocycles. The normalized spacial score (nSPS) is 13.1. The lowest BCUT2D eigenvalue weighted by atomic mass is 9.95. The molecule has 55 heavy (non-hydrogen) atoms. The number of nitrogens with zero attached hydrogens (tertiary/aromatic N) is 1. The number of hydrogen-bond donors (Lipinski definition) is 1. The fourth-order valence-electron chi connectivity index (χ4n) is 6.13. The van der Waals surface area contributed by atoms with Crippen LogP contribution in [0.3, 0.4) is 0 Å². The minimum absolute atomic E-state index is 0.00424. The van der Waals surface area contributed by atoms with E-state index in [1.54, 1.807) is 0 Å². The standard InChI is InChI=1S/C43H78N2O10/c1-5-9-13-16-23-39(22-11-7-3)43(46)51-33-20-21-34-52-53-37-38(36-44-55-54-42-28-26-40(27-29-42)45(47)48)30-35-49-31-18-15-19-32-50-41(24-12-8-4)25-17-14-10-6-2/h26-29,38-39,41,44H,5-25,30-37H2,1-4H3. The molecule has 0 aliphatic heterocycles. The molecular formula is C43H78N2O10. The zero-order valence-corrected chi connectivity index (χ0v) is 35.1. The van der Waals surface area contributed by atoms with Crippen LogP contribution in [0.2, 0.25) is 0 Å². The number of unbranched alkanes of at least 4 members (excludes halogenated alkanes) is 11. The van der Waals surface area contributed by atoms with Gasteiger partial charge in [-0.1, -0.05) is 110 Å². The van der Waals surface area contributed by atoms with Gasteiger partial charge < -0.3 is 19.1 Å². The Bertz CT molecular complexity index is 1020. The van der Waals surface area contributed by atoms with Crippen molar-refractivity contribution in [1.82, 2.24) is 5.48 Å². The summed E-state index contributed by atoms with van der Waals surface area (Å²) in [6.45, 7) is 12.4. The summed E-state index contributed by atoms with van der Waals surface area (Å²) in [5.74, 6) is 0.282. The lowest BCUT2D eigenvalue weighted by molar-refractivity contribution is -0.385. The number of nitro benzene ring substituents is 1. The summed E-state index contributed by atoms with van der Waals surface area (Å²) < 4.78 is 17.8. The van der Waals surface area contributed by atoms with Gasteiger partial charge in [-0.2, -0.15) is 5.48 Å². The van der Waals surface area contributed by atoms with Crippen LogP contribution in [-0.2, 0) is 33.8 Å². The molecule has 0 amide bonds. The van der Waals surface area contributed by atoms with Crippen LogP contribution in [0.5, 0.6) is 5.75 Å². The number of nitrogens with one attached hydrogen (secondary N) is 1. The van der Waals surface area contributed by atoms with Gasteiger partial charge in [0.15, 0.2) is 5.75 Å². The van der Waals surface area contributed by atoms with E-state index in [0.717, 1.165) is 58.0 Å². The summed E-state index contributed by atoms with van der Waals surface area (Å²) >= 11 is 0. The first-order chi connectivity index (χ1) is 26.9. The van der Waals surface area contributed by atoms with Crippen molar-refractivity contribution in [2.45, 2.75) is 175 Å². The van der Waals surface area contributed by atoms with Crippen molar-refractivity contribution in [3.63, 3.8) is 0 Å². The van der Waals surface area contributed by atoms with Crippen LogP contribution in [0.25, 0.3) is 0 Å². The number of hydrogen-bond acceptors (Lipinski definition) is 11. The van der Waals surface area contributed by atoms with Gasteiger partial charge in [0.2, 0.25) is 0 Å². The Balaban J connectivity index is 2.36. The molecule has 0 heterocycles. The minimum Gasteiger partial charge on any atom is -0.465 e. The number of esters is 1. The van der Waals surface area contributed by atoms with Crippen molar-refractivity contribution >= 4 is 11.7 Å². The number of carbonyl (C=O) groups excluding carboxylic acids is 1. The molecule has 0 aromatic heterocycles. The highest BCUT2D eigenvalue weighted by molar-refractivity contribution is 5.72. The number of rotatable bonds is 41. The molecule has 1 rings (SSSR count). The van der Waals surface area contributed by atoms with Gasteiger partial charge in [-0.15, -0.1) is 0 Å². The molecule has 0 fully saturated rings. The first kappa shape index (κ1) is 50.7. The van der Waals surface area contributed by atoms with Gasteiger partial charge in [-0.3, -0.25) is 14.9 Å². The van der Waals surface area contributed by atoms with Crippen LogP contribution in [0.15, 0.2) is 24.3 Å². The van der Waals surface area contributed by atoms with Crippen molar-refractivity contribution in [3.8, 4) is 5.75 Å². The molecule has 0 saturated carbocycles. The Hall–Kier alpha value is -2.35. The number of benzene rings is 1. The molecule has 0 bridgehead atoms. The Morgan fingerprint density at radius 2 is 1.25 bits per heavy atom. The Labute approximate surface area is 333 Å². The van der Waals surface area contributed by atoms with E-state index >= 15 is 0 Å². The highest BCUT2D eigenvalue weighted by Crippen LogP contribution is 2.20. The van der Waals surface area contributed by atoms with Crippen LogP contribution in [-0.4, -0.2) is 63.2 Å². The largest absolute Gasteiger partial charge is 0.465 e. The second kappa shape index (κ2) is 37.2. The first-order valence-electron chi connectivity index (χ1n) is 21.9. The van der Waals surface area contributed by atoms with Crippen LogP contribution in [0.1, 0.15) is 169 Å². The highest BCUT2D eigenvalue weighted by Gasteiger charge is 2.19. The maximum atomic E-state index is 12.7. The summed E-state index contributed by atoms with van der Waals surface area (Å²) in [5, 5.41) is 10.9.